The van der Waals surface area contributed by atoms with Gasteiger partial charge < -0.3 is 14.2 Å². The molecule has 0 fully saturated rings. The van der Waals surface area contributed by atoms with Crippen molar-refractivity contribution in [1.29, 1.82) is 0 Å². The van der Waals surface area contributed by atoms with Crippen LogP contribution in [0.25, 0.3) is 0 Å². The second-order valence-corrected chi connectivity index (χ2v) is 22.7. The van der Waals surface area contributed by atoms with E-state index in [1.165, 1.54) is 257 Å². The van der Waals surface area contributed by atoms with E-state index in [-0.39, 0.29) is 31.1 Å². The first-order chi connectivity index (χ1) is 37.0. The van der Waals surface area contributed by atoms with Gasteiger partial charge in [-0.3, -0.25) is 14.4 Å². The molecule has 1 atom stereocenters. The van der Waals surface area contributed by atoms with Crippen molar-refractivity contribution in [1.82, 2.24) is 0 Å². The summed E-state index contributed by atoms with van der Waals surface area (Å²) in [5.74, 6) is -0.858. The summed E-state index contributed by atoms with van der Waals surface area (Å²) in [6.07, 6.45) is 78.7. The van der Waals surface area contributed by atoms with Gasteiger partial charge in [-0.1, -0.05) is 308 Å². The van der Waals surface area contributed by atoms with Crippen LogP contribution >= 0.6 is 0 Å². The van der Waals surface area contributed by atoms with Crippen molar-refractivity contribution >= 4 is 17.9 Å². The van der Waals surface area contributed by atoms with Gasteiger partial charge in [0.25, 0.3) is 0 Å². The second-order valence-electron chi connectivity index (χ2n) is 22.7. The predicted molar refractivity (Wildman–Crippen MR) is 326 cm³/mol. The van der Waals surface area contributed by atoms with E-state index in [1.807, 2.05) is 0 Å². The summed E-state index contributed by atoms with van der Waals surface area (Å²) < 4.78 is 17.0. The molecule has 0 radical (unpaired) electrons. The minimum absolute atomic E-state index is 0.0720. The van der Waals surface area contributed by atoms with Crippen LogP contribution in [0.1, 0.15) is 367 Å². The Morgan fingerprint density at radius 3 is 0.773 bits per heavy atom. The smallest absolute Gasteiger partial charge is 0.306 e. The summed E-state index contributed by atoms with van der Waals surface area (Å²) in [4.78, 5) is 38.4. The molecule has 0 spiro atoms. The van der Waals surface area contributed by atoms with Crippen molar-refractivity contribution in [2.75, 3.05) is 13.2 Å². The highest BCUT2D eigenvalue weighted by Gasteiger charge is 2.19. The molecule has 0 rings (SSSR count). The van der Waals surface area contributed by atoms with Crippen LogP contribution in [0.4, 0.5) is 0 Å². The first-order valence-electron chi connectivity index (χ1n) is 33.5. The van der Waals surface area contributed by atoms with E-state index >= 15 is 0 Å². The Labute approximate surface area is 467 Å². The summed E-state index contributed by atoms with van der Waals surface area (Å²) in [5.41, 5.74) is 0. The average Bonchev–Trinajstić information content (AvgIpc) is 3.41. The highest BCUT2D eigenvalue weighted by molar-refractivity contribution is 5.71. The summed E-state index contributed by atoms with van der Waals surface area (Å²) >= 11 is 0. The van der Waals surface area contributed by atoms with Gasteiger partial charge in [-0.2, -0.15) is 0 Å². The molecule has 0 heterocycles. The lowest BCUT2D eigenvalue weighted by Gasteiger charge is -2.18. The van der Waals surface area contributed by atoms with Gasteiger partial charge in [-0.25, -0.2) is 0 Å². The number of hydrogen-bond donors (Lipinski definition) is 0. The molecule has 440 valence electrons. The highest BCUT2D eigenvalue weighted by Crippen LogP contribution is 2.18. The molecule has 0 aromatic rings. The van der Waals surface area contributed by atoms with E-state index in [0.29, 0.717) is 19.3 Å². The molecule has 0 bridgehead atoms. The molecular weight excluding hydrogens is 925 g/mol. The average molecular weight is 1050 g/mol. The fraction of sp³-hybridized carbons (Fsp3) is 0.870. The van der Waals surface area contributed by atoms with E-state index < -0.39 is 6.10 Å². The number of carbonyl (C=O) groups is 3. The van der Waals surface area contributed by atoms with E-state index in [4.69, 9.17) is 14.2 Å². The summed E-state index contributed by atoms with van der Waals surface area (Å²) in [6, 6.07) is 0. The van der Waals surface area contributed by atoms with Gasteiger partial charge in [0, 0.05) is 19.3 Å². The minimum Gasteiger partial charge on any atom is -0.462 e. The third kappa shape index (κ3) is 62.4. The maximum atomic E-state index is 12.9. The standard InChI is InChI=1S/C69H128O6/c1-4-7-10-13-16-19-22-25-28-31-33-34-35-36-39-41-44-47-50-53-56-59-62-68(71)74-65-66(64-73-67(70)61-58-55-52-49-46-43-40-37-30-27-24-21-18-15-12-9-6-3)75-69(72)63-60-57-54-51-48-45-42-38-32-29-26-23-20-17-14-11-8-5-2/h18,21,27,29-30,32,66H,4-17,19-20,22-26,28,31,33-65H2,1-3H3/b21-18-,30-27-,32-29-. The van der Waals surface area contributed by atoms with Crippen molar-refractivity contribution in [2.45, 2.75) is 374 Å². The van der Waals surface area contributed by atoms with Crippen LogP contribution in [0.2, 0.25) is 0 Å². The zero-order valence-electron chi connectivity index (χ0n) is 50.6. The molecule has 0 aliphatic rings. The zero-order valence-corrected chi connectivity index (χ0v) is 50.6. The Kier molecular flexibility index (Phi) is 62.1. The van der Waals surface area contributed by atoms with Crippen molar-refractivity contribution in [3.8, 4) is 0 Å². The molecule has 6 heteroatoms. The minimum atomic E-state index is -0.776. The van der Waals surface area contributed by atoms with Crippen LogP contribution in [-0.4, -0.2) is 37.2 Å². The van der Waals surface area contributed by atoms with Gasteiger partial charge in [0.15, 0.2) is 6.10 Å². The number of rotatable bonds is 62. The quantitative estimate of drug-likeness (QED) is 0.0261. The molecule has 0 aromatic carbocycles. The summed E-state index contributed by atoms with van der Waals surface area (Å²) in [6.45, 7) is 6.67. The Morgan fingerprint density at radius 1 is 0.267 bits per heavy atom. The van der Waals surface area contributed by atoms with Gasteiger partial charge in [-0.15, -0.1) is 0 Å². The van der Waals surface area contributed by atoms with Crippen LogP contribution in [0.15, 0.2) is 36.5 Å². The molecular formula is C69H128O6. The van der Waals surface area contributed by atoms with Gasteiger partial charge >= 0.3 is 17.9 Å². The Balaban J connectivity index is 4.31. The molecule has 1 unspecified atom stereocenters. The van der Waals surface area contributed by atoms with E-state index in [1.54, 1.807) is 0 Å². The third-order valence-electron chi connectivity index (χ3n) is 15.1. The van der Waals surface area contributed by atoms with Gasteiger partial charge in [0.05, 0.1) is 0 Å². The van der Waals surface area contributed by atoms with Gasteiger partial charge in [0.2, 0.25) is 0 Å². The number of esters is 3. The van der Waals surface area contributed by atoms with Crippen molar-refractivity contribution < 1.29 is 28.6 Å². The fourth-order valence-corrected chi connectivity index (χ4v) is 10.1. The van der Waals surface area contributed by atoms with E-state index in [0.717, 1.165) is 70.6 Å². The largest absolute Gasteiger partial charge is 0.462 e. The highest BCUT2D eigenvalue weighted by atomic mass is 16.6. The lowest BCUT2D eigenvalue weighted by molar-refractivity contribution is -0.167. The van der Waals surface area contributed by atoms with E-state index in [2.05, 4.69) is 57.2 Å². The molecule has 6 nitrogen and oxygen atoms in total. The van der Waals surface area contributed by atoms with Gasteiger partial charge in [-0.05, 0) is 77.0 Å². The summed E-state index contributed by atoms with van der Waals surface area (Å²) in [7, 11) is 0. The number of carbonyl (C=O) groups excluding carboxylic acids is 3. The molecule has 0 aromatic heterocycles. The number of unbranched alkanes of at least 4 members (excludes halogenated alkanes) is 45. The summed E-state index contributed by atoms with van der Waals surface area (Å²) in [5, 5.41) is 0. The Bertz CT molecular complexity index is 1250. The SMILES string of the molecule is CCCCC/C=C\C/C=C\CCCCCCCCCC(=O)OCC(COC(=O)CCCCCCCCCCCCCCCCCCCCCCCC)OC(=O)CCCCCCCCC/C=C\CCCCCCCCC. The third-order valence-corrected chi connectivity index (χ3v) is 15.1. The van der Waals surface area contributed by atoms with Crippen LogP contribution < -0.4 is 0 Å². The predicted octanol–water partition coefficient (Wildman–Crippen LogP) is 22.8. The molecule has 75 heavy (non-hydrogen) atoms. The Hall–Kier alpha value is -2.37. The zero-order chi connectivity index (χ0) is 54.3. The number of hydrogen-bond acceptors (Lipinski definition) is 6. The second kappa shape index (κ2) is 64.2. The molecule has 0 N–H and O–H groups in total. The molecule has 0 saturated carbocycles. The molecule has 0 aliphatic carbocycles. The maximum absolute atomic E-state index is 12.9. The van der Waals surface area contributed by atoms with Crippen molar-refractivity contribution in [3.05, 3.63) is 36.5 Å². The Morgan fingerprint density at radius 2 is 0.480 bits per heavy atom. The monoisotopic (exact) mass is 1050 g/mol. The van der Waals surface area contributed by atoms with Crippen molar-refractivity contribution in [2.24, 2.45) is 0 Å². The van der Waals surface area contributed by atoms with Crippen LogP contribution in [0.5, 0.6) is 0 Å². The first kappa shape index (κ1) is 72.6. The first-order valence-corrected chi connectivity index (χ1v) is 33.5. The van der Waals surface area contributed by atoms with Crippen LogP contribution in [0, 0.1) is 0 Å². The maximum Gasteiger partial charge on any atom is 0.306 e. The number of allylic oxidation sites excluding steroid dienone is 6. The lowest BCUT2D eigenvalue weighted by Crippen LogP contribution is -2.30. The number of ether oxygens (including phenoxy) is 3. The normalized spacial score (nSPS) is 12.2. The van der Waals surface area contributed by atoms with Crippen molar-refractivity contribution in [3.63, 3.8) is 0 Å². The molecule has 0 saturated heterocycles. The van der Waals surface area contributed by atoms with E-state index in [9.17, 15) is 14.4 Å². The lowest BCUT2D eigenvalue weighted by atomic mass is 10.0. The topological polar surface area (TPSA) is 78.9 Å². The molecule has 0 aliphatic heterocycles. The molecule has 0 amide bonds. The van der Waals surface area contributed by atoms with Crippen LogP contribution in [-0.2, 0) is 28.6 Å². The fourth-order valence-electron chi connectivity index (χ4n) is 10.1. The van der Waals surface area contributed by atoms with Crippen LogP contribution in [0.3, 0.4) is 0 Å². The van der Waals surface area contributed by atoms with Gasteiger partial charge in [0.1, 0.15) is 13.2 Å².